The third-order valence-corrected chi connectivity index (χ3v) is 5.55. The van der Waals surface area contributed by atoms with Gasteiger partial charge in [-0.05, 0) is 54.8 Å². The van der Waals surface area contributed by atoms with Crippen LogP contribution in [0.15, 0.2) is 48.5 Å². The van der Waals surface area contributed by atoms with Gasteiger partial charge in [-0.3, -0.25) is 0 Å². The Kier molecular flexibility index (Phi) is 4.99. The number of rotatable bonds is 4. The third-order valence-electron chi connectivity index (χ3n) is 5.55. The number of fused-ring (bicyclic) bond motifs is 1. The number of ether oxygens (including phenoxy) is 1. The zero-order valence-corrected chi connectivity index (χ0v) is 16.4. The largest absolute Gasteiger partial charge is 0.497 e. The highest BCUT2D eigenvalue weighted by Gasteiger charge is 2.20. The van der Waals surface area contributed by atoms with Crippen molar-refractivity contribution in [2.45, 2.75) is 13.8 Å². The van der Waals surface area contributed by atoms with E-state index < -0.39 is 0 Å². The van der Waals surface area contributed by atoms with Crippen molar-refractivity contribution in [3.05, 3.63) is 54.1 Å². The zero-order chi connectivity index (χ0) is 18.8. The minimum Gasteiger partial charge on any atom is -0.497 e. The molecule has 1 aliphatic heterocycles. The van der Waals surface area contributed by atoms with E-state index in [1.807, 2.05) is 12.1 Å². The fraction of sp³-hybridized carbons (Fsp3) is 0.348. The Labute approximate surface area is 161 Å². The summed E-state index contributed by atoms with van der Waals surface area (Å²) >= 11 is 0. The number of aryl methyl sites for hydroxylation is 1. The molecule has 0 unspecified atom stereocenters. The number of piperazine rings is 1. The van der Waals surface area contributed by atoms with E-state index in [1.165, 1.54) is 16.3 Å². The van der Waals surface area contributed by atoms with Crippen molar-refractivity contribution in [1.82, 2.24) is 9.88 Å². The molecule has 1 fully saturated rings. The SMILES string of the molecule is CCN1CCN(c2nc(-c3ccc(OC)cc3)cc3cccc(C)c23)CC1. The van der Waals surface area contributed by atoms with Crippen molar-refractivity contribution in [2.75, 3.05) is 44.7 Å². The maximum atomic E-state index is 5.30. The maximum absolute atomic E-state index is 5.30. The molecule has 0 aliphatic carbocycles. The van der Waals surface area contributed by atoms with E-state index >= 15 is 0 Å². The lowest BCUT2D eigenvalue weighted by Crippen LogP contribution is -2.46. The van der Waals surface area contributed by atoms with Crippen molar-refractivity contribution < 1.29 is 4.74 Å². The van der Waals surface area contributed by atoms with Gasteiger partial charge in [0.1, 0.15) is 11.6 Å². The van der Waals surface area contributed by atoms with Crippen LogP contribution >= 0.6 is 0 Å². The fourth-order valence-corrected chi connectivity index (χ4v) is 3.88. The van der Waals surface area contributed by atoms with E-state index in [0.717, 1.165) is 55.5 Å². The number of likely N-dealkylation sites (N-methyl/N-ethyl adjacent to an activating group) is 1. The van der Waals surface area contributed by atoms with Crippen LogP contribution in [0.4, 0.5) is 5.82 Å². The molecule has 2 heterocycles. The first-order valence-corrected chi connectivity index (χ1v) is 9.71. The van der Waals surface area contributed by atoms with Gasteiger partial charge in [-0.2, -0.15) is 0 Å². The first kappa shape index (κ1) is 17.8. The highest BCUT2D eigenvalue weighted by atomic mass is 16.5. The van der Waals surface area contributed by atoms with Crippen LogP contribution in [0.5, 0.6) is 5.75 Å². The van der Waals surface area contributed by atoms with E-state index in [2.05, 4.69) is 60.0 Å². The molecule has 0 spiro atoms. The average Bonchev–Trinajstić information content (AvgIpc) is 2.73. The minimum atomic E-state index is 0.867. The van der Waals surface area contributed by atoms with Gasteiger partial charge in [-0.25, -0.2) is 4.98 Å². The van der Waals surface area contributed by atoms with Crippen molar-refractivity contribution >= 4 is 16.6 Å². The lowest BCUT2D eigenvalue weighted by molar-refractivity contribution is 0.271. The van der Waals surface area contributed by atoms with Gasteiger partial charge in [0.25, 0.3) is 0 Å². The summed E-state index contributed by atoms with van der Waals surface area (Å²) in [7, 11) is 1.69. The van der Waals surface area contributed by atoms with Gasteiger partial charge in [-0.15, -0.1) is 0 Å². The predicted molar refractivity (Wildman–Crippen MR) is 113 cm³/mol. The van der Waals surface area contributed by atoms with E-state index in [0.29, 0.717) is 0 Å². The molecule has 4 nitrogen and oxygen atoms in total. The van der Waals surface area contributed by atoms with E-state index in [4.69, 9.17) is 9.72 Å². The molecule has 1 aromatic heterocycles. The summed E-state index contributed by atoms with van der Waals surface area (Å²) in [6, 6.07) is 16.9. The van der Waals surface area contributed by atoms with E-state index in [1.54, 1.807) is 7.11 Å². The van der Waals surface area contributed by atoms with Gasteiger partial charge >= 0.3 is 0 Å². The summed E-state index contributed by atoms with van der Waals surface area (Å²) in [6.45, 7) is 9.77. The summed E-state index contributed by atoms with van der Waals surface area (Å²) in [6.07, 6.45) is 0. The Morgan fingerprint density at radius 3 is 2.41 bits per heavy atom. The number of anilines is 1. The average molecular weight is 361 g/mol. The Morgan fingerprint density at radius 1 is 1.00 bits per heavy atom. The first-order chi connectivity index (χ1) is 13.2. The first-order valence-electron chi connectivity index (χ1n) is 9.71. The molecule has 0 atom stereocenters. The van der Waals surface area contributed by atoms with E-state index in [-0.39, 0.29) is 0 Å². The summed E-state index contributed by atoms with van der Waals surface area (Å²) in [5.74, 6) is 1.98. The molecule has 2 aromatic carbocycles. The smallest absolute Gasteiger partial charge is 0.137 e. The fourth-order valence-electron chi connectivity index (χ4n) is 3.88. The van der Waals surface area contributed by atoms with Crippen molar-refractivity contribution in [3.63, 3.8) is 0 Å². The molecule has 0 bridgehead atoms. The second-order valence-corrected chi connectivity index (χ2v) is 7.15. The number of nitrogens with zero attached hydrogens (tertiary/aromatic N) is 3. The topological polar surface area (TPSA) is 28.6 Å². The van der Waals surface area contributed by atoms with E-state index in [9.17, 15) is 0 Å². The van der Waals surface area contributed by atoms with Crippen LogP contribution in [0.3, 0.4) is 0 Å². The molecule has 4 rings (SSSR count). The molecule has 0 saturated carbocycles. The summed E-state index contributed by atoms with van der Waals surface area (Å²) in [5, 5.41) is 2.53. The van der Waals surface area contributed by atoms with Crippen molar-refractivity contribution in [1.29, 1.82) is 0 Å². The number of methoxy groups -OCH3 is 1. The third kappa shape index (κ3) is 3.50. The highest BCUT2D eigenvalue weighted by Crippen LogP contribution is 2.33. The lowest BCUT2D eigenvalue weighted by atomic mass is 10.0. The number of aromatic nitrogens is 1. The normalized spacial score (nSPS) is 15.3. The van der Waals surface area contributed by atoms with Gasteiger partial charge in [0.15, 0.2) is 0 Å². The van der Waals surface area contributed by atoms with Crippen LogP contribution in [0, 0.1) is 6.92 Å². The Bertz CT molecular complexity index is 928. The van der Waals surface area contributed by atoms with Crippen LogP contribution in [-0.2, 0) is 0 Å². The standard InChI is InChI=1S/C23H27N3O/c1-4-25-12-14-26(15-13-25)23-22-17(2)6-5-7-19(22)16-21(24-23)18-8-10-20(27-3)11-9-18/h5-11,16H,4,12-15H2,1-3H3. The quantitative estimate of drug-likeness (QED) is 0.690. The van der Waals surface area contributed by atoms with Crippen LogP contribution in [-0.4, -0.2) is 49.7 Å². The molecule has 1 aliphatic rings. The van der Waals surface area contributed by atoms with Gasteiger partial charge in [-0.1, -0.05) is 25.1 Å². The van der Waals surface area contributed by atoms with Crippen LogP contribution in [0.1, 0.15) is 12.5 Å². The number of pyridine rings is 1. The molecule has 27 heavy (non-hydrogen) atoms. The van der Waals surface area contributed by atoms with Crippen molar-refractivity contribution in [2.24, 2.45) is 0 Å². The lowest BCUT2D eigenvalue weighted by Gasteiger charge is -2.35. The molecule has 1 saturated heterocycles. The second kappa shape index (κ2) is 7.57. The van der Waals surface area contributed by atoms with Crippen LogP contribution in [0.25, 0.3) is 22.0 Å². The summed E-state index contributed by atoms with van der Waals surface area (Å²) < 4.78 is 5.30. The Balaban J connectivity index is 1.80. The van der Waals surface area contributed by atoms with Crippen molar-refractivity contribution in [3.8, 4) is 17.0 Å². The van der Waals surface area contributed by atoms with Crippen LogP contribution < -0.4 is 9.64 Å². The Morgan fingerprint density at radius 2 is 1.74 bits per heavy atom. The van der Waals surface area contributed by atoms with Gasteiger partial charge in [0.2, 0.25) is 0 Å². The number of benzene rings is 2. The molecule has 3 aromatic rings. The monoisotopic (exact) mass is 361 g/mol. The maximum Gasteiger partial charge on any atom is 0.137 e. The summed E-state index contributed by atoms with van der Waals surface area (Å²) in [4.78, 5) is 10.1. The minimum absolute atomic E-state index is 0.867. The zero-order valence-electron chi connectivity index (χ0n) is 16.4. The van der Waals surface area contributed by atoms with Gasteiger partial charge in [0.05, 0.1) is 12.8 Å². The molecular weight excluding hydrogens is 334 g/mol. The number of hydrogen-bond acceptors (Lipinski definition) is 4. The molecule has 0 radical (unpaired) electrons. The molecule has 140 valence electrons. The molecule has 0 amide bonds. The predicted octanol–water partition coefficient (Wildman–Crippen LogP) is 4.36. The molecular formula is C23H27N3O. The molecule has 0 N–H and O–H groups in total. The summed E-state index contributed by atoms with van der Waals surface area (Å²) in [5.41, 5.74) is 3.42. The Hall–Kier alpha value is -2.59. The van der Waals surface area contributed by atoms with Gasteiger partial charge in [0, 0.05) is 37.1 Å². The number of hydrogen-bond donors (Lipinski definition) is 0. The van der Waals surface area contributed by atoms with Gasteiger partial charge < -0.3 is 14.5 Å². The second-order valence-electron chi connectivity index (χ2n) is 7.15. The molecule has 4 heteroatoms. The highest BCUT2D eigenvalue weighted by molar-refractivity contribution is 5.97. The van der Waals surface area contributed by atoms with Crippen LogP contribution in [0.2, 0.25) is 0 Å².